The van der Waals surface area contributed by atoms with E-state index in [1.165, 1.54) is 9.65 Å². The summed E-state index contributed by atoms with van der Waals surface area (Å²) in [4.78, 5) is 0.309. The van der Waals surface area contributed by atoms with Gasteiger partial charge in [0.25, 0.3) is 10.0 Å². The lowest BCUT2D eigenvalue weighted by Crippen LogP contribution is -2.18. The number of hydrogen-bond donors (Lipinski definition) is 0. The number of benzene rings is 1. The topological polar surface area (TPSA) is 52.0 Å². The van der Waals surface area contributed by atoms with E-state index >= 15 is 0 Å². The molecule has 2 aliphatic carbocycles. The van der Waals surface area contributed by atoms with Crippen LogP contribution in [-0.4, -0.2) is 17.6 Å². The van der Waals surface area contributed by atoms with Gasteiger partial charge < -0.3 is 0 Å². The second kappa shape index (κ2) is 4.02. The molecule has 5 heteroatoms. The third kappa shape index (κ3) is 1.63. The predicted octanol–water partition coefficient (Wildman–Crippen LogP) is 3.03. The average molecular weight is 316 g/mol. The van der Waals surface area contributed by atoms with Gasteiger partial charge in [-0.15, -0.1) is 0 Å². The van der Waals surface area contributed by atoms with Gasteiger partial charge in [-0.05, 0) is 49.7 Å². The van der Waals surface area contributed by atoms with E-state index in [1.807, 2.05) is 26.0 Å². The Balaban J connectivity index is 1.84. The summed E-state index contributed by atoms with van der Waals surface area (Å²) in [6, 6.07) is 6.97. The van der Waals surface area contributed by atoms with E-state index < -0.39 is 10.0 Å². The Kier molecular flexibility index (Phi) is 2.56. The van der Waals surface area contributed by atoms with Crippen molar-refractivity contribution in [2.45, 2.75) is 44.9 Å². The van der Waals surface area contributed by atoms with Crippen molar-refractivity contribution in [3.63, 3.8) is 0 Å². The van der Waals surface area contributed by atoms with E-state index in [0.717, 1.165) is 23.4 Å². The lowest BCUT2D eigenvalue weighted by atomic mass is 9.98. The van der Waals surface area contributed by atoms with Crippen LogP contribution in [0.5, 0.6) is 0 Å². The first-order valence-corrected chi connectivity index (χ1v) is 9.09. The first kappa shape index (κ1) is 14.0. The molecule has 0 saturated heterocycles. The van der Waals surface area contributed by atoms with Crippen LogP contribution in [0.25, 0.3) is 0 Å². The SMILES string of the molecule is Cc1ccc(S(=O)(=O)n2nc(C)c3c2C[C@H]2[C@@H]3C2(C)C)cc1. The summed E-state index contributed by atoms with van der Waals surface area (Å²) in [6.45, 7) is 8.39. The molecule has 1 aromatic carbocycles. The Morgan fingerprint density at radius 2 is 1.82 bits per heavy atom. The summed E-state index contributed by atoms with van der Waals surface area (Å²) in [5.74, 6) is 1.04. The van der Waals surface area contributed by atoms with Crippen LogP contribution in [0.2, 0.25) is 0 Å². The highest BCUT2D eigenvalue weighted by atomic mass is 32.2. The highest BCUT2D eigenvalue weighted by Crippen LogP contribution is 2.70. The van der Waals surface area contributed by atoms with Gasteiger partial charge in [0.15, 0.2) is 0 Å². The molecule has 0 radical (unpaired) electrons. The zero-order valence-electron chi connectivity index (χ0n) is 13.3. The summed E-state index contributed by atoms with van der Waals surface area (Å²) < 4.78 is 27.1. The van der Waals surface area contributed by atoms with E-state index in [-0.39, 0.29) is 0 Å². The van der Waals surface area contributed by atoms with Crippen molar-refractivity contribution in [3.8, 4) is 0 Å². The molecule has 4 rings (SSSR count). The molecular formula is C17H20N2O2S. The average Bonchev–Trinajstić information content (AvgIpc) is 2.82. The van der Waals surface area contributed by atoms with Crippen LogP contribution in [0.1, 0.15) is 42.3 Å². The van der Waals surface area contributed by atoms with Crippen LogP contribution >= 0.6 is 0 Å². The van der Waals surface area contributed by atoms with Crippen molar-refractivity contribution >= 4 is 10.0 Å². The van der Waals surface area contributed by atoms with Gasteiger partial charge in [-0.25, -0.2) is 0 Å². The van der Waals surface area contributed by atoms with Gasteiger partial charge in [-0.3, -0.25) is 0 Å². The van der Waals surface area contributed by atoms with Crippen molar-refractivity contribution in [2.75, 3.05) is 0 Å². The Morgan fingerprint density at radius 3 is 2.45 bits per heavy atom. The fourth-order valence-electron chi connectivity index (χ4n) is 4.07. The van der Waals surface area contributed by atoms with Crippen LogP contribution < -0.4 is 0 Å². The van der Waals surface area contributed by atoms with E-state index in [9.17, 15) is 8.42 Å². The van der Waals surface area contributed by atoms with Crippen LogP contribution in [0.3, 0.4) is 0 Å². The van der Waals surface area contributed by atoms with E-state index in [2.05, 4.69) is 18.9 Å². The second-order valence-corrected chi connectivity index (χ2v) is 8.98. The summed E-state index contributed by atoms with van der Waals surface area (Å²) in [5, 5.41) is 4.37. The lowest BCUT2D eigenvalue weighted by molar-refractivity contribution is 0.530. The molecule has 4 nitrogen and oxygen atoms in total. The summed E-state index contributed by atoms with van der Waals surface area (Å²) in [7, 11) is -3.59. The minimum absolute atomic E-state index is 0.291. The highest BCUT2D eigenvalue weighted by Gasteiger charge is 2.64. The third-order valence-electron chi connectivity index (χ3n) is 5.49. The maximum Gasteiger partial charge on any atom is 0.283 e. The molecule has 0 unspecified atom stereocenters. The number of fused-ring (bicyclic) bond motifs is 3. The molecule has 22 heavy (non-hydrogen) atoms. The smallest absolute Gasteiger partial charge is 0.199 e. The molecule has 1 fully saturated rings. The lowest BCUT2D eigenvalue weighted by Gasteiger charge is -2.11. The Hall–Kier alpha value is -1.62. The van der Waals surface area contributed by atoms with Crippen molar-refractivity contribution < 1.29 is 8.42 Å². The maximum absolute atomic E-state index is 12.9. The fourth-order valence-corrected chi connectivity index (χ4v) is 5.44. The fraction of sp³-hybridized carbons (Fsp3) is 0.471. The normalized spacial score (nSPS) is 24.9. The molecule has 2 aliphatic rings. The van der Waals surface area contributed by atoms with Gasteiger partial charge in [0, 0.05) is 5.56 Å². The number of aromatic nitrogens is 2. The largest absolute Gasteiger partial charge is 0.283 e. The van der Waals surface area contributed by atoms with E-state index in [0.29, 0.717) is 22.1 Å². The molecule has 1 saturated carbocycles. The number of aryl methyl sites for hydroxylation is 2. The van der Waals surface area contributed by atoms with Crippen LogP contribution in [0.15, 0.2) is 29.2 Å². The maximum atomic E-state index is 12.9. The third-order valence-corrected chi connectivity index (χ3v) is 7.12. The molecule has 0 amide bonds. The second-order valence-electron chi connectivity index (χ2n) is 7.22. The van der Waals surface area contributed by atoms with Crippen molar-refractivity contribution in [1.82, 2.24) is 9.19 Å². The zero-order valence-corrected chi connectivity index (χ0v) is 14.1. The highest BCUT2D eigenvalue weighted by molar-refractivity contribution is 7.89. The van der Waals surface area contributed by atoms with Crippen LogP contribution in [0, 0.1) is 25.2 Å². The molecular weight excluding hydrogens is 296 g/mol. The van der Waals surface area contributed by atoms with Gasteiger partial charge in [0.05, 0.1) is 16.3 Å². The molecule has 0 spiro atoms. The van der Waals surface area contributed by atoms with Gasteiger partial charge in [-0.1, -0.05) is 31.5 Å². The van der Waals surface area contributed by atoms with Crippen molar-refractivity contribution in [1.29, 1.82) is 0 Å². The quantitative estimate of drug-likeness (QED) is 0.856. The summed E-state index contributed by atoms with van der Waals surface area (Å²) in [6.07, 6.45) is 0.818. The summed E-state index contributed by atoms with van der Waals surface area (Å²) in [5.41, 5.74) is 4.27. The standard InChI is InChI=1S/C17H20N2O2S/c1-10-5-7-12(8-6-10)22(20,21)19-14-9-13-16(17(13,3)4)15(14)11(2)18-19/h5-8,13,16H,9H2,1-4H3/t13-,16-/m0/s1. The van der Waals surface area contributed by atoms with Gasteiger partial charge >= 0.3 is 0 Å². The molecule has 0 bridgehead atoms. The van der Waals surface area contributed by atoms with Crippen LogP contribution in [0.4, 0.5) is 0 Å². The minimum atomic E-state index is -3.59. The van der Waals surface area contributed by atoms with Gasteiger partial charge in [-0.2, -0.15) is 17.6 Å². The first-order valence-electron chi connectivity index (χ1n) is 7.65. The number of nitrogens with zero attached hydrogens (tertiary/aromatic N) is 2. The molecule has 0 aliphatic heterocycles. The number of hydrogen-bond acceptors (Lipinski definition) is 3. The molecule has 116 valence electrons. The minimum Gasteiger partial charge on any atom is -0.199 e. The Morgan fingerprint density at radius 1 is 1.18 bits per heavy atom. The van der Waals surface area contributed by atoms with Crippen LogP contribution in [-0.2, 0) is 16.4 Å². The number of rotatable bonds is 2. The van der Waals surface area contributed by atoms with Gasteiger partial charge in [0.1, 0.15) is 0 Å². The molecule has 0 N–H and O–H groups in total. The first-order chi connectivity index (χ1) is 10.2. The molecule has 2 atom stereocenters. The summed E-state index contributed by atoms with van der Waals surface area (Å²) >= 11 is 0. The monoisotopic (exact) mass is 316 g/mol. The Labute approximate surface area is 131 Å². The molecule has 1 aromatic heterocycles. The van der Waals surface area contributed by atoms with E-state index in [4.69, 9.17) is 0 Å². The van der Waals surface area contributed by atoms with Gasteiger partial charge in [0.2, 0.25) is 0 Å². The zero-order chi connectivity index (χ0) is 15.9. The van der Waals surface area contributed by atoms with Crippen molar-refractivity contribution in [3.05, 3.63) is 46.8 Å². The van der Waals surface area contributed by atoms with E-state index in [1.54, 1.807) is 12.1 Å². The Bertz CT molecular complexity index is 876. The predicted molar refractivity (Wildman–Crippen MR) is 84.4 cm³/mol. The molecule has 1 heterocycles. The molecule has 2 aromatic rings. The van der Waals surface area contributed by atoms with Crippen molar-refractivity contribution in [2.24, 2.45) is 11.3 Å².